The second-order valence-electron chi connectivity index (χ2n) is 8.26. The first-order chi connectivity index (χ1) is 16.3. The molecule has 178 valence electrons. The molecule has 0 nitrogen and oxygen atoms in total. The van der Waals surface area contributed by atoms with E-state index in [0.29, 0.717) is 0 Å². The van der Waals surface area contributed by atoms with Crippen molar-refractivity contribution >= 4 is 35.8 Å². The molecule has 0 spiro atoms. The van der Waals surface area contributed by atoms with Crippen molar-refractivity contribution in [3.8, 4) is 0 Å². The molecular weight excluding hydrogens is 516 g/mol. The Bertz CT molecular complexity index is 977. The van der Waals surface area contributed by atoms with Crippen LogP contribution in [0.2, 0.25) is 0 Å². The Hall–Kier alpha value is -1.48. The summed E-state index contributed by atoms with van der Waals surface area (Å²) in [7, 11) is -0.169. The molecule has 1 aliphatic carbocycles. The van der Waals surface area contributed by atoms with Crippen molar-refractivity contribution in [2.24, 2.45) is 0 Å². The second-order valence-corrected chi connectivity index (χ2v) is 13.6. The quantitative estimate of drug-likeness (QED) is 0.262. The maximum atomic E-state index is 5.21. The van der Waals surface area contributed by atoms with Gasteiger partial charge in [0.1, 0.15) is 0 Å². The molecule has 4 aromatic carbocycles. The van der Waals surface area contributed by atoms with Gasteiger partial charge in [-0.1, -0.05) is 79.9 Å². The van der Waals surface area contributed by atoms with Gasteiger partial charge in [-0.15, -0.1) is 0 Å². The van der Waals surface area contributed by atoms with Crippen LogP contribution in [0.25, 0.3) is 0 Å². The third kappa shape index (κ3) is 7.77. The summed E-state index contributed by atoms with van der Waals surface area (Å²) in [5.74, 6) is 0. The Balaban J connectivity index is 0.000000193. The standard InChI is InChI=1S/C18H21P.C12H10P.ClH.Ni/c1-4-10-16(11-5-1)19(17-12-6-2-7-13-17)18-14-8-3-9-15-18;1-3-7-11(8-4-1)13-12-9-5-2-6-10-12;;/h1-2,4-7,10-13,18H,3,8-9,14-15H2;1-10H;1H;/q;-1;;+2/p-1. The third-order valence-electron chi connectivity index (χ3n) is 5.94. The van der Waals surface area contributed by atoms with Crippen LogP contribution in [0.4, 0.5) is 0 Å². The zero-order chi connectivity index (χ0) is 22.7. The second kappa shape index (κ2) is 14.8. The fraction of sp³-hybridized carbons (Fsp3) is 0.200. The van der Waals surface area contributed by atoms with Gasteiger partial charge in [0, 0.05) is 0 Å². The van der Waals surface area contributed by atoms with Gasteiger partial charge in [-0.3, -0.25) is 0 Å². The van der Waals surface area contributed by atoms with Crippen molar-refractivity contribution < 1.29 is 27.4 Å². The maximum Gasteiger partial charge on any atom is -0.0129 e. The van der Waals surface area contributed by atoms with E-state index in [4.69, 9.17) is 15.0 Å². The fourth-order valence-corrected chi connectivity index (χ4v) is 9.36. The molecular formula is C30H31ClNiP2. The van der Waals surface area contributed by atoms with Crippen LogP contribution in [0.3, 0.4) is 0 Å². The predicted molar refractivity (Wildman–Crippen MR) is 145 cm³/mol. The number of hydrogen-bond acceptors (Lipinski definition) is 0. The van der Waals surface area contributed by atoms with E-state index in [2.05, 4.69) is 84.9 Å². The Morgan fingerprint density at radius 2 is 0.794 bits per heavy atom. The molecule has 0 saturated heterocycles. The topological polar surface area (TPSA) is 0 Å². The molecule has 0 aromatic heterocycles. The van der Waals surface area contributed by atoms with E-state index in [1.54, 1.807) is 10.6 Å². The summed E-state index contributed by atoms with van der Waals surface area (Å²) in [6.07, 6.45) is 7.10. The molecule has 0 amide bonds. The summed E-state index contributed by atoms with van der Waals surface area (Å²) in [5.41, 5.74) is 0.883. The summed E-state index contributed by atoms with van der Waals surface area (Å²) in [6.45, 7) is -0.546. The fourth-order valence-electron chi connectivity index (χ4n) is 4.34. The molecule has 4 aromatic rings. The first-order valence-corrected chi connectivity index (χ1v) is 15.7. The van der Waals surface area contributed by atoms with Crippen molar-refractivity contribution in [3.63, 3.8) is 0 Å². The van der Waals surface area contributed by atoms with Crippen LogP contribution in [0.5, 0.6) is 0 Å². The first kappa shape index (κ1) is 27.1. The third-order valence-corrected chi connectivity index (χ3v) is 11.9. The van der Waals surface area contributed by atoms with Crippen molar-refractivity contribution in [2.75, 3.05) is 0 Å². The van der Waals surface area contributed by atoms with E-state index in [9.17, 15) is 0 Å². The van der Waals surface area contributed by atoms with Gasteiger partial charge in [0.25, 0.3) is 0 Å². The van der Waals surface area contributed by atoms with Crippen LogP contribution in [0.15, 0.2) is 121 Å². The molecule has 0 unspecified atom stereocenters. The van der Waals surface area contributed by atoms with Crippen molar-refractivity contribution in [1.29, 1.82) is 0 Å². The van der Waals surface area contributed by atoms with E-state index < -0.39 is 6.70 Å². The molecule has 1 aliphatic rings. The van der Waals surface area contributed by atoms with Gasteiger partial charge in [0.2, 0.25) is 0 Å². The largest absolute Gasteiger partial charge is 0.0622 e. The molecule has 1 saturated carbocycles. The van der Waals surface area contributed by atoms with Gasteiger partial charge in [-0.2, -0.15) is 0 Å². The normalized spacial score (nSPS) is 13.6. The average Bonchev–Trinajstić information content (AvgIpc) is 2.92. The monoisotopic (exact) mass is 546 g/mol. The van der Waals surface area contributed by atoms with E-state index in [0.717, 1.165) is 5.66 Å². The minimum Gasteiger partial charge on any atom is -0.0622 e. The van der Waals surface area contributed by atoms with Crippen LogP contribution >= 0.6 is 14.6 Å². The summed E-state index contributed by atoms with van der Waals surface area (Å²) in [5, 5.41) is 5.65. The Kier molecular flexibility index (Phi) is 11.8. The summed E-state index contributed by atoms with van der Waals surface area (Å²) in [4.78, 5) is 0. The van der Waals surface area contributed by atoms with E-state index in [1.165, 1.54) is 42.7 Å². The molecule has 0 aliphatic heterocycles. The maximum absolute atomic E-state index is 5.21. The Morgan fingerprint density at radius 3 is 1.15 bits per heavy atom. The smallest absolute Gasteiger partial charge is 0.0129 e. The van der Waals surface area contributed by atoms with Crippen LogP contribution in [-0.4, -0.2) is 5.66 Å². The van der Waals surface area contributed by atoms with Gasteiger partial charge in [0.15, 0.2) is 0 Å². The van der Waals surface area contributed by atoms with Gasteiger partial charge >= 0.3 is 93.0 Å². The van der Waals surface area contributed by atoms with Crippen LogP contribution in [0, 0.1) is 0 Å². The summed E-state index contributed by atoms with van der Waals surface area (Å²) >= 11 is 5.21. The van der Waals surface area contributed by atoms with E-state index in [1.807, 2.05) is 36.4 Å². The number of rotatable bonds is 5. The zero-order valence-corrected chi connectivity index (χ0v) is 22.8. The molecule has 1 fully saturated rings. The summed E-state index contributed by atoms with van der Waals surface area (Å²) < 4.78 is 0. The number of benzene rings is 4. The van der Waals surface area contributed by atoms with Crippen molar-refractivity contribution in [3.05, 3.63) is 121 Å². The van der Waals surface area contributed by atoms with Gasteiger partial charge in [-0.05, 0) is 37.0 Å². The molecule has 0 heterocycles. The van der Waals surface area contributed by atoms with E-state index in [-0.39, 0.29) is 20.3 Å². The van der Waals surface area contributed by atoms with Gasteiger partial charge < -0.3 is 12.4 Å². The molecule has 4 heteroatoms. The predicted octanol–water partition coefficient (Wildman–Crippen LogP) is 4.04. The molecule has 5 rings (SSSR count). The van der Waals surface area contributed by atoms with Gasteiger partial charge in [0.05, 0.1) is 0 Å². The van der Waals surface area contributed by atoms with Crippen molar-refractivity contribution in [1.82, 2.24) is 0 Å². The zero-order valence-electron chi connectivity index (χ0n) is 19.2. The van der Waals surface area contributed by atoms with Crippen LogP contribution < -0.4 is 33.6 Å². The molecule has 0 bridgehead atoms. The Labute approximate surface area is 221 Å². The first-order valence-electron chi connectivity index (χ1n) is 11.8. The molecule has 0 radical (unpaired) electrons. The minimum atomic E-state index is -0.546. The molecule has 34 heavy (non-hydrogen) atoms. The molecule has 0 atom stereocenters. The van der Waals surface area contributed by atoms with Crippen molar-refractivity contribution in [2.45, 2.75) is 37.8 Å². The SMILES string of the molecule is [Cl-].[Ni+][P](c1ccccc1)c1ccccc1.c1ccc(P(c2ccccc2)C2CCCCC2)cc1. The Morgan fingerprint density at radius 1 is 0.471 bits per heavy atom. The van der Waals surface area contributed by atoms with Crippen LogP contribution in [0.1, 0.15) is 32.1 Å². The average molecular weight is 548 g/mol. The number of hydrogen-bond donors (Lipinski definition) is 0. The van der Waals surface area contributed by atoms with Gasteiger partial charge in [-0.25, -0.2) is 0 Å². The summed E-state index contributed by atoms with van der Waals surface area (Å²) in [6, 6.07) is 43.0. The minimum absolute atomic E-state index is 0. The number of halogens is 1. The van der Waals surface area contributed by atoms with Crippen LogP contribution in [-0.2, 0) is 15.0 Å². The van der Waals surface area contributed by atoms with E-state index >= 15 is 0 Å². The molecule has 0 N–H and O–H groups in total.